The van der Waals surface area contributed by atoms with Crippen LogP contribution < -0.4 is 5.73 Å². The molecule has 0 amide bonds. The van der Waals surface area contributed by atoms with Crippen LogP contribution in [0, 0.1) is 0 Å². The second-order valence-corrected chi connectivity index (χ2v) is 5.27. The summed E-state index contributed by atoms with van der Waals surface area (Å²) < 4.78 is 1.86. The molecule has 1 aromatic heterocycles. The van der Waals surface area contributed by atoms with Gasteiger partial charge in [0, 0.05) is 25.3 Å². The van der Waals surface area contributed by atoms with Gasteiger partial charge in [-0.25, -0.2) is 0 Å². The minimum Gasteiger partial charge on any atom is -0.325 e. The zero-order valence-electron chi connectivity index (χ0n) is 11.0. The lowest BCUT2D eigenvalue weighted by molar-refractivity contribution is 0.239. The Bertz CT molecular complexity index is 315. The first kappa shape index (κ1) is 14.5. The van der Waals surface area contributed by atoms with Crippen molar-refractivity contribution in [2.75, 3.05) is 25.6 Å². The van der Waals surface area contributed by atoms with E-state index in [9.17, 15) is 0 Å². The standard InChI is InChI=1S/C11H23N5S/c1-10(4-7-17-3)15(2)5-6-16-9-11(8-12)13-14-16/h9-10H,4-8,12H2,1-3H3. The van der Waals surface area contributed by atoms with Crippen molar-refractivity contribution in [2.45, 2.75) is 32.5 Å². The number of nitrogens with two attached hydrogens (primary N) is 1. The van der Waals surface area contributed by atoms with Crippen molar-refractivity contribution in [2.24, 2.45) is 5.73 Å². The second kappa shape index (κ2) is 7.68. The molecule has 0 aliphatic carbocycles. The summed E-state index contributed by atoms with van der Waals surface area (Å²) in [4.78, 5) is 2.36. The van der Waals surface area contributed by atoms with Gasteiger partial charge in [-0.1, -0.05) is 5.21 Å². The van der Waals surface area contributed by atoms with Gasteiger partial charge < -0.3 is 10.6 Å². The second-order valence-electron chi connectivity index (χ2n) is 4.29. The molecule has 0 saturated heterocycles. The molecule has 0 aliphatic heterocycles. The zero-order chi connectivity index (χ0) is 12.7. The number of rotatable bonds is 8. The molecule has 1 rings (SSSR count). The Morgan fingerprint density at radius 2 is 2.35 bits per heavy atom. The Morgan fingerprint density at radius 3 is 2.94 bits per heavy atom. The minimum absolute atomic E-state index is 0.458. The van der Waals surface area contributed by atoms with Gasteiger partial charge in [0.1, 0.15) is 0 Å². The SMILES string of the molecule is CSCCC(C)N(C)CCn1cc(CN)nn1. The number of nitrogens with zero attached hydrogens (tertiary/aromatic N) is 4. The van der Waals surface area contributed by atoms with E-state index in [2.05, 4.69) is 35.4 Å². The summed E-state index contributed by atoms with van der Waals surface area (Å²) in [5.41, 5.74) is 6.34. The van der Waals surface area contributed by atoms with Gasteiger partial charge in [-0.15, -0.1) is 5.10 Å². The van der Waals surface area contributed by atoms with E-state index in [1.54, 1.807) is 0 Å². The maximum absolute atomic E-state index is 5.49. The molecular weight excluding hydrogens is 234 g/mol. The first-order chi connectivity index (χ1) is 8.17. The summed E-state index contributed by atoms with van der Waals surface area (Å²) in [6.07, 6.45) is 5.29. The topological polar surface area (TPSA) is 60.0 Å². The minimum atomic E-state index is 0.458. The van der Waals surface area contributed by atoms with Crippen LogP contribution >= 0.6 is 11.8 Å². The van der Waals surface area contributed by atoms with E-state index in [1.165, 1.54) is 12.2 Å². The summed E-state index contributed by atoms with van der Waals surface area (Å²) in [5.74, 6) is 1.21. The van der Waals surface area contributed by atoms with Crippen LogP contribution in [0.4, 0.5) is 0 Å². The first-order valence-corrected chi connectivity index (χ1v) is 7.35. The molecule has 0 bridgehead atoms. The van der Waals surface area contributed by atoms with Gasteiger partial charge in [-0.3, -0.25) is 4.68 Å². The lowest BCUT2D eigenvalue weighted by Crippen LogP contribution is -2.32. The maximum Gasteiger partial charge on any atom is 0.0962 e. The fraction of sp³-hybridized carbons (Fsp3) is 0.818. The highest BCUT2D eigenvalue weighted by atomic mass is 32.2. The molecule has 98 valence electrons. The van der Waals surface area contributed by atoms with Gasteiger partial charge in [0.25, 0.3) is 0 Å². The van der Waals surface area contributed by atoms with E-state index in [4.69, 9.17) is 5.73 Å². The summed E-state index contributed by atoms with van der Waals surface area (Å²) in [6, 6.07) is 0.611. The summed E-state index contributed by atoms with van der Waals surface area (Å²) in [6.45, 7) is 4.58. The van der Waals surface area contributed by atoms with Gasteiger partial charge in [0.15, 0.2) is 0 Å². The number of aromatic nitrogens is 3. The predicted octanol–water partition coefficient (Wildman–Crippen LogP) is 0.810. The third-order valence-electron chi connectivity index (χ3n) is 2.97. The number of likely N-dealkylation sites (N-methyl/N-ethyl adjacent to an activating group) is 1. The normalized spacial score (nSPS) is 13.2. The van der Waals surface area contributed by atoms with Crippen molar-refractivity contribution in [1.29, 1.82) is 0 Å². The van der Waals surface area contributed by atoms with Crippen LogP contribution in [0.1, 0.15) is 19.0 Å². The molecule has 1 atom stereocenters. The molecule has 17 heavy (non-hydrogen) atoms. The highest BCUT2D eigenvalue weighted by Gasteiger charge is 2.08. The van der Waals surface area contributed by atoms with Crippen molar-refractivity contribution in [3.05, 3.63) is 11.9 Å². The molecule has 1 unspecified atom stereocenters. The van der Waals surface area contributed by atoms with Gasteiger partial charge in [-0.2, -0.15) is 11.8 Å². The third kappa shape index (κ3) is 5.06. The largest absolute Gasteiger partial charge is 0.325 e. The van der Waals surface area contributed by atoms with Gasteiger partial charge in [0.05, 0.1) is 12.2 Å². The van der Waals surface area contributed by atoms with E-state index in [1.807, 2.05) is 22.6 Å². The van der Waals surface area contributed by atoms with E-state index in [0.29, 0.717) is 12.6 Å². The number of hydrogen-bond donors (Lipinski definition) is 1. The molecule has 1 aromatic rings. The van der Waals surface area contributed by atoms with Gasteiger partial charge in [0.2, 0.25) is 0 Å². The van der Waals surface area contributed by atoms with E-state index >= 15 is 0 Å². The van der Waals surface area contributed by atoms with Crippen molar-refractivity contribution in [1.82, 2.24) is 19.9 Å². The Balaban J connectivity index is 2.29. The van der Waals surface area contributed by atoms with E-state index in [0.717, 1.165) is 18.8 Å². The number of hydrogen-bond acceptors (Lipinski definition) is 5. The quantitative estimate of drug-likeness (QED) is 0.747. The predicted molar refractivity (Wildman–Crippen MR) is 73.0 cm³/mol. The maximum atomic E-state index is 5.49. The van der Waals surface area contributed by atoms with E-state index in [-0.39, 0.29) is 0 Å². The molecule has 5 nitrogen and oxygen atoms in total. The molecule has 0 saturated carbocycles. The van der Waals surface area contributed by atoms with Crippen molar-refractivity contribution in [3.8, 4) is 0 Å². The molecule has 6 heteroatoms. The van der Waals surface area contributed by atoms with Gasteiger partial charge in [-0.05, 0) is 32.4 Å². The summed E-state index contributed by atoms with van der Waals surface area (Å²) >= 11 is 1.90. The fourth-order valence-electron chi connectivity index (χ4n) is 1.53. The average molecular weight is 257 g/mol. The van der Waals surface area contributed by atoms with Crippen LogP contribution in [0.15, 0.2) is 6.20 Å². The van der Waals surface area contributed by atoms with Crippen LogP contribution in [0.2, 0.25) is 0 Å². The highest BCUT2D eigenvalue weighted by Crippen LogP contribution is 2.06. The highest BCUT2D eigenvalue weighted by molar-refractivity contribution is 7.98. The van der Waals surface area contributed by atoms with Crippen molar-refractivity contribution >= 4 is 11.8 Å². The molecule has 0 aromatic carbocycles. The Morgan fingerprint density at radius 1 is 1.59 bits per heavy atom. The number of thioether (sulfide) groups is 1. The summed E-state index contributed by atoms with van der Waals surface area (Å²) in [7, 11) is 2.16. The molecule has 1 heterocycles. The molecule has 0 fully saturated rings. The Hall–Kier alpha value is -0.590. The molecule has 0 radical (unpaired) electrons. The van der Waals surface area contributed by atoms with Crippen molar-refractivity contribution in [3.63, 3.8) is 0 Å². The fourth-order valence-corrected chi connectivity index (χ4v) is 2.11. The first-order valence-electron chi connectivity index (χ1n) is 5.95. The lowest BCUT2D eigenvalue weighted by Gasteiger charge is -2.24. The van der Waals surface area contributed by atoms with Gasteiger partial charge >= 0.3 is 0 Å². The Kier molecular flexibility index (Phi) is 6.54. The molecular formula is C11H23N5S. The zero-order valence-corrected chi connectivity index (χ0v) is 11.8. The van der Waals surface area contributed by atoms with Crippen molar-refractivity contribution < 1.29 is 0 Å². The molecule has 0 aliphatic rings. The summed E-state index contributed by atoms with van der Waals surface area (Å²) in [5, 5.41) is 8.01. The molecule has 2 N–H and O–H groups in total. The Labute approximate surface area is 108 Å². The molecule has 0 spiro atoms. The van der Waals surface area contributed by atoms with Crippen LogP contribution in [-0.4, -0.2) is 51.5 Å². The van der Waals surface area contributed by atoms with Crippen LogP contribution in [0.3, 0.4) is 0 Å². The third-order valence-corrected chi connectivity index (χ3v) is 3.61. The van der Waals surface area contributed by atoms with Crippen LogP contribution in [0.5, 0.6) is 0 Å². The lowest BCUT2D eigenvalue weighted by atomic mass is 10.2. The average Bonchev–Trinajstić information content (AvgIpc) is 2.80. The monoisotopic (exact) mass is 257 g/mol. The van der Waals surface area contributed by atoms with E-state index < -0.39 is 0 Å². The van der Waals surface area contributed by atoms with Crippen LogP contribution in [0.25, 0.3) is 0 Å². The van der Waals surface area contributed by atoms with Crippen LogP contribution in [-0.2, 0) is 13.1 Å². The smallest absolute Gasteiger partial charge is 0.0962 e.